The Kier molecular flexibility index (Phi) is 11.1. The fourth-order valence-electron chi connectivity index (χ4n) is 4.47. The highest BCUT2D eigenvalue weighted by Crippen LogP contribution is 2.37. The van der Waals surface area contributed by atoms with E-state index in [0.717, 1.165) is 10.5 Å². The predicted molar refractivity (Wildman–Crippen MR) is 185 cm³/mol. The fourth-order valence-corrected chi connectivity index (χ4v) is 5.71. The smallest absolute Gasteiger partial charge is 0.272 e. The number of ether oxygens (including phenoxy) is 1. The minimum atomic E-state index is -0.685. The molecule has 3 N–H and O–H groups in total. The van der Waals surface area contributed by atoms with Gasteiger partial charge in [0.05, 0.1) is 12.1 Å². The van der Waals surface area contributed by atoms with E-state index in [1.54, 1.807) is 86.0 Å². The maximum Gasteiger partial charge on any atom is 0.272 e. The number of anilines is 2. The molecule has 5 aromatic carbocycles. The summed E-state index contributed by atoms with van der Waals surface area (Å²) < 4.78 is 19.8. The molecule has 0 spiro atoms. The van der Waals surface area contributed by atoms with Crippen molar-refractivity contribution in [3.63, 3.8) is 0 Å². The second kappa shape index (κ2) is 15.8. The third-order valence-electron chi connectivity index (χ3n) is 6.88. The largest absolute Gasteiger partial charge is 0.497 e. The van der Waals surface area contributed by atoms with Crippen molar-refractivity contribution in [2.24, 2.45) is 0 Å². The van der Waals surface area contributed by atoms with Crippen LogP contribution < -0.4 is 20.7 Å². The Hall–Kier alpha value is -5.38. The van der Waals surface area contributed by atoms with E-state index < -0.39 is 22.9 Å². The molecule has 1 unspecified atom stereocenters. The van der Waals surface area contributed by atoms with Gasteiger partial charge in [0.15, 0.2) is 0 Å². The van der Waals surface area contributed by atoms with Gasteiger partial charge >= 0.3 is 0 Å². The lowest BCUT2D eigenvalue weighted by molar-refractivity contribution is -0.116. The molecule has 3 amide bonds. The predicted octanol–water partition coefficient (Wildman–Crippen LogP) is 8.37. The Morgan fingerprint density at radius 2 is 1.38 bits per heavy atom. The van der Waals surface area contributed by atoms with E-state index in [9.17, 15) is 18.8 Å². The van der Waals surface area contributed by atoms with Crippen molar-refractivity contribution < 1.29 is 23.5 Å². The zero-order valence-corrected chi connectivity index (χ0v) is 26.6. The van der Waals surface area contributed by atoms with E-state index in [1.165, 1.54) is 36.0 Å². The number of thioether (sulfide) groups is 1. The number of carbonyl (C=O) groups excluding carboxylic acids is 3. The highest BCUT2D eigenvalue weighted by Gasteiger charge is 2.23. The van der Waals surface area contributed by atoms with Crippen LogP contribution in [-0.4, -0.2) is 24.8 Å². The quantitative estimate of drug-likeness (QED) is 0.0973. The van der Waals surface area contributed by atoms with E-state index in [4.69, 9.17) is 16.3 Å². The Balaban J connectivity index is 1.34. The van der Waals surface area contributed by atoms with Gasteiger partial charge in [0.25, 0.3) is 11.8 Å². The first-order valence-electron chi connectivity index (χ1n) is 14.4. The van der Waals surface area contributed by atoms with Crippen LogP contribution in [0.1, 0.15) is 26.7 Å². The van der Waals surface area contributed by atoms with E-state index in [-0.39, 0.29) is 22.2 Å². The van der Waals surface area contributed by atoms with Gasteiger partial charge in [0.2, 0.25) is 5.91 Å². The van der Waals surface area contributed by atoms with Gasteiger partial charge < -0.3 is 20.7 Å². The molecule has 0 aromatic heterocycles. The molecule has 1 atom stereocenters. The third kappa shape index (κ3) is 8.88. The number of halogens is 2. The molecular formula is C37H29ClFN3O4S. The summed E-state index contributed by atoms with van der Waals surface area (Å²) in [6, 6.07) is 35.9. The summed E-state index contributed by atoms with van der Waals surface area (Å²) in [5.41, 5.74) is 1.93. The molecule has 5 aromatic rings. The summed E-state index contributed by atoms with van der Waals surface area (Å²) in [6.07, 6.45) is 1.20. The maximum atomic E-state index is 14.6. The zero-order valence-electron chi connectivity index (χ0n) is 25.1. The highest BCUT2D eigenvalue weighted by atomic mass is 35.5. The molecule has 5 rings (SSSR count). The lowest BCUT2D eigenvalue weighted by Gasteiger charge is -2.18. The van der Waals surface area contributed by atoms with Crippen LogP contribution in [0.2, 0.25) is 5.02 Å². The van der Waals surface area contributed by atoms with Crippen molar-refractivity contribution >= 4 is 58.5 Å². The van der Waals surface area contributed by atoms with Crippen molar-refractivity contribution in [2.75, 3.05) is 17.7 Å². The summed E-state index contributed by atoms with van der Waals surface area (Å²) in [7, 11) is 1.58. The zero-order chi connectivity index (χ0) is 33.2. The topological polar surface area (TPSA) is 96.5 Å². The molecule has 0 aliphatic rings. The standard InChI is InChI=1S/C37H29ClFN3O4S/c1-46-28-19-15-26(16-20-28)41-37(45)34(24-9-4-2-5-10-24)47-29-21-17-27(18-22-29)40-36(44)33(23-30-31(38)13-8-14-32(30)39)42-35(43)25-11-6-3-7-12-25/h2-23,34H,1H3,(H,40,44)(H,41,45)(H,42,43)/b33-23-. The Labute approximate surface area is 280 Å². The van der Waals surface area contributed by atoms with Gasteiger partial charge in [-0.2, -0.15) is 0 Å². The minimum Gasteiger partial charge on any atom is -0.497 e. The van der Waals surface area contributed by atoms with Gasteiger partial charge in [-0.25, -0.2) is 4.39 Å². The summed E-state index contributed by atoms with van der Waals surface area (Å²) >= 11 is 7.56. The Morgan fingerprint density at radius 3 is 2.02 bits per heavy atom. The maximum absolute atomic E-state index is 14.6. The normalized spacial score (nSPS) is 11.7. The lowest BCUT2D eigenvalue weighted by atomic mass is 10.1. The molecule has 10 heteroatoms. The van der Waals surface area contributed by atoms with E-state index in [2.05, 4.69) is 16.0 Å². The first-order chi connectivity index (χ1) is 22.8. The van der Waals surface area contributed by atoms with E-state index in [1.807, 2.05) is 30.3 Å². The fraction of sp³-hybridized carbons (Fsp3) is 0.0541. The van der Waals surface area contributed by atoms with Crippen LogP contribution in [0.15, 0.2) is 138 Å². The van der Waals surface area contributed by atoms with Gasteiger partial charge in [0.1, 0.15) is 22.5 Å². The van der Waals surface area contributed by atoms with Crippen LogP contribution in [0.25, 0.3) is 6.08 Å². The van der Waals surface area contributed by atoms with Crippen LogP contribution in [0.5, 0.6) is 5.75 Å². The molecule has 0 saturated carbocycles. The van der Waals surface area contributed by atoms with Crippen molar-refractivity contribution in [1.82, 2.24) is 5.32 Å². The summed E-state index contributed by atoms with van der Waals surface area (Å²) in [5, 5.41) is 7.80. The summed E-state index contributed by atoms with van der Waals surface area (Å²) in [6.45, 7) is 0. The molecule has 0 radical (unpaired) electrons. The Morgan fingerprint density at radius 1 is 0.766 bits per heavy atom. The first kappa shape index (κ1) is 33.0. The van der Waals surface area contributed by atoms with Crippen LogP contribution in [0.4, 0.5) is 15.8 Å². The Bertz CT molecular complexity index is 1870. The van der Waals surface area contributed by atoms with Gasteiger partial charge in [0, 0.05) is 27.4 Å². The first-order valence-corrected chi connectivity index (χ1v) is 15.7. The van der Waals surface area contributed by atoms with Crippen molar-refractivity contribution in [3.05, 3.63) is 161 Å². The SMILES string of the molecule is COc1ccc(NC(=O)C(Sc2ccc(NC(=O)/C(=C/c3c(F)cccc3Cl)NC(=O)c3ccccc3)cc2)c2ccccc2)cc1. The van der Waals surface area contributed by atoms with Crippen LogP contribution in [0.3, 0.4) is 0 Å². The third-order valence-corrected chi connectivity index (χ3v) is 8.48. The molecule has 0 heterocycles. The second-order valence-corrected chi connectivity index (χ2v) is 11.7. The van der Waals surface area contributed by atoms with E-state index in [0.29, 0.717) is 22.7 Å². The van der Waals surface area contributed by atoms with Crippen LogP contribution in [-0.2, 0) is 9.59 Å². The molecule has 0 aliphatic heterocycles. The molecule has 236 valence electrons. The molecule has 47 heavy (non-hydrogen) atoms. The summed E-state index contributed by atoms with van der Waals surface area (Å²) in [4.78, 5) is 40.6. The van der Waals surface area contributed by atoms with Crippen molar-refractivity contribution in [3.8, 4) is 5.75 Å². The average Bonchev–Trinajstić information content (AvgIpc) is 3.10. The minimum absolute atomic E-state index is 0.0423. The molecule has 0 aliphatic carbocycles. The van der Waals surface area contributed by atoms with E-state index >= 15 is 0 Å². The summed E-state index contributed by atoms with van der Waals surface area (Å²) in [5.74, 6) is -1.41. The molecule has 7 nitrogen and oxygen atoms in total. The number of amides is 3. The van der Waals surface area contributed by atoms with Gasteiger partial charge in [-0.05, 0) is 84.4 Å². The number of rotatable bonds is 11. The number of hydrogen-bond acceptors (Lipinski definition) is 5. The average molecular weight is 666 g/mol. The van der Waals surface area contributed by atoms with Gasteiger partial charge in [-0.15, -0.1) is 11.8 Å². The molecule has 0 bridgehead atoms. The van der Waals surface area contributed by atoms with Crippen molar-refractivity contribution in [2.45, 2.75) is 10.1 Å². The molecular weight excluding hydrogens is 637 g/mol. The second-order valence-electron chi connectivity index (χ2n) is 10.1. The molecule has 0 fully saturated rings. The number of methoxy groups -OCH3 is 1. The number of nitrogens with one attached hydrogen (secondary N) is 3. The number of benzene rings is 5. The van der Waals surface area contributed by atoms with Crippen LogP contribution in [0, 0.1) is 5.82 Å². The number of hydrogen-bond donors (Lipinski definition) is 3. The van der Waals surface area contributed by atoms with Crippen LogP contribution >= 0.6 is 23.4 Å². The van der Waals surface area contributed by atoms with Crippen molar-refractivity contribution in [1.29, 1.82) is 0 Å². The van der Waals surface area contributed by atoms with Gasteiger partial charge in [-0.1, -0.05) is 66.2 Å². The lowest BCUT2D eigenvalue weighted by Crippen LogP contribution is -2.30. The number of carbonyl (C=O) groups is 3. The van der Waals surface area contributed by atoms with Gasteiger partial charge in [-0.3, -0.25) is 14.4 Å². The molecule has 0 saturated heterocycles. The monoisotopic (exact) mass is 665 g/mol. The highest BCUT2D eigenvalue weighted by molar-refractivity contribution is 8.00.